The second-order valence-electron chi connectivity index (χ2n) is 21.6. The van der Waals surface area contributed by atoms with Crippen molar-refractivity contribution in [2.45, 2.75) is 269 Å². The van der Waals surface area contributed by atoms with Gasteiger partial charge in [-0.2, -0.15) is 0 Å². The molecule has 0 aromatic rings. The summed E-state index contributed by atoms with van der Waals surface area (Å²) in [7, 11) is 4.36. The molecule has 0 aliphatic heterocycles. The first-order valence-electron chi connectivity index (χ1n) is 28.9. The van der Waals surface area contributed by atoms with Gasteiger partial charge in [0.1, 0.15) is 13.2 Å². The number of rotatable bonds is 45. The zero-order valence-electron chi connectivity index (χ0n) is 47.8. The van der Waals surface area contributed by atoms with Gasteiger partial charge in [0.15, 0.2) is 0 Å². The third-order valence-corrected chi connectivity index (χ3v) is 15.8. The first-order valence-corrected chi connectivity index (χ1v) is 30.1. The van der Waals surface area contributed by atoms with Crippen molar-refractivity contribution in [2.75, 3.05) is 47.5 Å². The van der Waals surface area contributed by atoms with Gasteiger partial charge in [0.05, 0.1) is 34.4 Å². The van der Waals surface area contributed by atoms with E-state index in [-0.39, 0.29) is 5.97 Å². The van der Waals surface area contributed by atoms with E-state index in [0.29, 0.717) is 50.9 Å². The lowest BCUT2D eigenvalue weighted by Gasteiger charge is -2.23. The zero-order chi connectivity index (χ0) is 51.3. The number of quaternary nitrogens is 1. The van der Waals surface area contributed by atoms with Gasteiger partial charge in [0, 0.05) is 19.3 Å². The van der Waals surface area contributed by atoms with E-state index < -0.39 is 14.6 Å². The van der Waals surface area contributed by atoms with Gasteiger partial charge in [-0.25, -0.2) is 0 Å². The number of nitrogens with zero attached hydrogens (tertiary/aromatic N) is 1. The summed E-state index contributed by atoms with van der Waals surface area (Å²) in [5.74, 6) is 5.30. The molecule has 2 N–H and O–H groups in total. The standard InChI is InChI=1S/C32H67NO5P.C24H48O2.C2H6/c1-9-28(5)17-13-18-29(10-2)19-14-20-30(11-3)21-15-22-31(12-4)27-32(34)36-24-16-25-37-39(35)38-26-23-33(6,7)8;1-6-20(5)13-10-14-21(7-2)15-11-16-22(8-3)17-12-18-23(9-4)19-24(25)26;1-2/h28-31,35H,9-27H2,1-8H3;20-23H,6-19H2,1-5H3,(H,25,26);1-2H3/q+1;;. The van der Waals surface area contributed by atoms with E-state index in [2.05, 4.69) is 90.4 Å². The normalized spacial score (nSPS) is 15.7. The summed E-state index contributed by atoms with van der Waals surface area (Å²) in [5.41, 5.74) is 0. The smallest absolute Gasteiger partial charge is 0.330 e. The van der Waals surface area contributed by atoms with Crippen LogP contribution < -0.4 is 0 Å². The van der Waals surface area contributed by atoms with Gasteiger partial charge in [-0.05, 0) is 60.2 Å². The van der Waals surface area contributed by atoms with E-state index in [1.165, 1.54) is 141 Å². The van der Waals surface area contributed by atoms with Crippen LogP contribution in [0.1, 0.15) is 269 Å². The quantitative estimate of drug-likeness (QED) is 0.0271. The second-order valence-corrected chi connectivity index (χ2v) is 22.5. The molecule has 0 saturated heterocycles. The Labute approximate surface area is 421 Å². The van der Waals surface area contributed by atoms with Crippen molar-refractivity contribution in [1.82, 2.24) is 0 Å². The van der Waals surface area contributed by atoms with Gasteiger partial charge in [0.2, 0.25) is 0 Å². The van der Waals surface area contributed by atoms with E-state index in [9.17, 15) is 14.5 Å². The molecule has 0 fully saturated rings. The molecular formula is C58H121NO7P+. The average molecular weight is 976 g/mol. The maximum Gasteiger partial charge on any atom is 0.330 e. The molecule has 9 unspecified atom stereocenters. The highest BCUT2D eigenvalue weighted by atomic mass is 31.2. The van der Waals surface area contributed by atoms with Crippen molar-refractivity contribution < 1.29 is 37.9 Å². The van der Waals surface area contributed by atoms with Crippen LogP contribution in [0.15, 0.2) is 0 Å². The number of carboxylic acid groups (broad SMARTS) is 1. The number of carboxylic acids is 1. The second kappa shape index (κ2) is 48.8. The molecule has 0 aliphatic rings. The molecule has 0 bridgehead atoms. The summed E-state index contributed by atoms with van der Waals surface area (Å²) in [6, 6.07) is 0. The van der Waals surface area contributed by atoms with Crippen molar-refractivity contribution in [3.05, 3.63) is 0 Å². The van der Waals surface area contributed by atoms with Crippen LogP contribution in [0.25, 0.3) is 0 Å². The fourth-order valence-corrected chi connectivity index (χ4v) is 9.77. The number of carbonyl (C=O) groups is 2. The number of carbonyl (C=O) groups excluding carboxylic acids is 1. The minimum Gasteiger partial charge on any atom is -0.481 e. The van der Waals surface area contributed by atoms with Crippen LogP contribution in [0.2, 0.25) is 0 Å². The summed E-state index contributed by atoms with van der Waals surface area (Å²) < 4.78 is 16.8. The lowest BCUT2D eigenvalue weighted by molar-refractivity contribution is -0.870. The minimum atomic E-state index is -1.86. The van der Waals surface area contributed by atoms with Crippen LogP contribution in [0, 0.1) is 47.3 Å². The fraction of sp³-hybridized carbons (Fsp3) is 0.966. The topological polar surface area (TPSA) is 102 Å². The lowest BCUT2D eigenvalue weighted by atomic mass is 9.86. The molecule has 404 valence electrons. The highest BCUT2D eigenvalue weighted by Crippen LogP contribution is 2.33. The maximum absolute atomic E-state index is 12.3. The Balaban J connectivity index is -0.00000127. The summed E-state index contributed by atoms with van der Waals surface area (Å²) in [6.45, 7) is 29.0. The minimum absolute atomic E-state index is 0.113. The number of hydrogen-bond donors (Lipinski definition) is 2. The van der Waals surface area contributed by atoms with Crippen LogP contribution in [0.5, 0.6) is 0 Å². The van der Waals surface area contributed by atoms with Gasteiger partial charge >= 0.3 is 20.5 Å². The highest BCUT2D eigenvalue weighted by Gasteiger charge is 2.18. The van der Waals surface area contributed by atoms with Crippen LogP contribution in [0.4, 0.5) is 0 Å². The highest BCUT2D eigenvalue weighted by molar-refractivity contribution is 7.40. The Morgan fingerprint density at radius 1 is 0.448 bits per heavy atom. The van der Waals surface area contributed by atoms with Gasteiger partial charge < -0.3 is 28.3 Å². The van der Waals surface area contributed by atoms with Gasteiger partial charge in [-0.3, -0.25) is 9.59 Å². The van der Waals surface area contributed by atoms with E-state index in [1.54, 1.807) is 0 Å². The van der Waals surface area contributed by atoms with E-state index in [0.717, 1.165) is 72.2 Å². The van der Waals surface area contributed by atoms with E-state index in [4.69, 9.17) is 18.9 Å². The van der Waals surface area contributed by atoms with Crippen molar-refractivity contribution >= 4 is 20.5 Å². The molecule has 8 nitrogen and oxygen atoms in total. The molecule has 0 rings (SSSR count). The Morgan fingerprint density at radius 3 is 1.07 bits per heavy atom. The first kappa shape index (κ1) is 70.5. The molecule has 0 aliphatic carbocycles. The zero-order valence-corrected chi connectivity index (χ0v) is 48.7. The summed E-state index contributed by atoms with van der Waals surface area (Å²) >= 11 is 0. The largest absolute Gasteiger partial charge is 0.481 e. The Kier molecular flexibility index (Phi) is 51.3. The SMILES string of the molecule is CC.CCC(C)CCCC(CC)CCCC(CC)CCCC(CC)CC(=O)O.CCC(C)CCCC(CC)CCCC(CC)CCCC(CC)CC(=O)OCCCOP(O)OCC[N+](C)(C)C. The summed E-state index contributed by atoms with van der Waals surface area (Å²) in [6.07, 6.45) is 35.2. The Hall–Kier alpha value is -0.790. The molecule has 0 aromatic heterocycles. The number of ether oxygens (including phenoxy) is 1. The molecule has 0 amide bonds. The van der Waals surface area contributed by atoms with Crippen molar-refractivity contribution in [3.63, 3.8) is 0 Å². The third-order valence-electron chi connectivity index (χ3n) is 15.0. The molecule has 9 atom stereocenters. The molecule has 67 heavy (non-hydrogen) atoms. The summed E-state index contributed by atoms with van der Waals surface area (Å²) in [4.78, 5) is 33.0. The predicted molar refractivity (Wildman–Crippen MR) is 292 cm³/mol. The van der Waals surface area contributed by atoms with Gasteiger partial charge in [-0.15, -0.1) is 0 Å². The van der Waals surface area contributed by atoms with Crippen LogP contribution in [-0.2, 0) is 23.4 Å². The van der Waals surface area contributed by atoms with Gasteiger partial charge in [0.25, 0.3) is 0 Å². The molecular weight excluding hydrogens is 854 g/mol. The Morgan fingerprint density at radius 2 is 0.761 bits per heavy atom. The predicted octanol–water partition coefficient (Wildman–Crippen LogP) is 18.0. The molecule has 0 heterocycles. The van der Waals surface area contributed by atoms with Crippen LogP contribution in [-0.4, -0.2) is 73.9 Å². The van der Waals surface area contributed by atoms with Crippen LogP contribution >= 0.6 is 8.60 Å². The summed E-state index contributed by atoms with van der Waals surface area (Å²) in [5, 5.41) is 8.97. The van der Waals surface area contributed by atoms with E-state index in [1.807, 2.05) is 13.8 Å². The number of hydrogen-bond acceptors (Lipinski definition) is 6. The Bertz CT molecular complexity index is 1060. The molecule has 9 heteroatoms. The fourth-order valence-electron chi connectivity index (χ4n) is 9.17. The van der Waals surface area contributed by atoms with Crippen molar-refractivity contribution in [3.8, 4) is 0 Å². The van der Waals surface area contributed by atoms with Gasteiger partial charge in [-0.1, -0.05) is 237 Å². The first-order chi connectivity index (χ1) is 32.0. The monoisotopic (exact) mass is 975 g/mol. The van der Waals surface area contributed by atoms with Crippen molar-refractivity contribution in [1.29, 1.82) is 0 Å². The molecule has 0 saturated carbocycles. The maximum atomic E-state index is 12.3. The van der Waals surface area contributed by atoms with E-state index >= 15 is 0 Å². The number of esters is 1. The van der Waals surface area contributed by atoms with Crippen molar-refractivity contribution in [2.24, 2.45) is 47.3 Å². The third kappa shape index (κ3) is 47.3. The molecule has 0 aromatic carbocycles. The lowest BCUT2D eigenvalue weighted by Crippen LogP contribution is -2.37. The van der Waals surface area contributed by atoms with Crippen LogP contribution in [0.3, 0.4) is 0 Å². The molecule has 0 spiro atoms. The average Bonchev–Trinajstić information content (AvgIpc) is 3.30. The number of aliphatic carboxylic acids is 1. The number of likely N-dealkylation sites (N-methyl/N-ethyl adjacent to an activating group) is 1. The molecule has 0 radical (unpaired) electrons.